The van der Waals surface area contributed by atoms with Gasteiger partial charge in [-0.25, -0.2) is 4.79 Å². The standard InChI is InChI=1S/C26H31N3O5.C17H21NO4.C9H12N2O2.C9H11NO2.ClH/c1-16(2)11-18(13-23(30)21-14-19-20(28-21)8-5-9-24(19)33-3)25(31)29-22(26(32)34-4)12-17-7-6-10-27-15-17;1-10(2)7-11(17(20)21)8-15(19)14-9-12-13(18-14)5-4-6-16(12)22-3;1-13-9(12)8(10)5-7-3-2-4-11-6-7;1-7(9(11)12)5-8-3-2-4-10-6-8;/h5-10,14-16,18,22,28H,11-13H2,1-4H3,(H,29,31);4-6,9-11,18H,7-8H2,1-3H3,(H,20,21);2-4,6,8H,5,10H2,1H3;2-4,6-7H,5H2,1H3,(H,11,12);1H/t18-,22+;11-;8-;7-;/m1100./s1. The monoisotopic (exact) mass is 1150 g/mol. The summed E-state index contributed by atoms with van der Waals surface area (Å²) in [5.74, 6) is -3.17. The van der Waals surface area contributed by atoms with Crippen LogP contribution in [0.25, 0.3) is 21.8 Å². The molecule has 5 aromatic heterocycles. The van der Waals surface area contributed by atoms with Crippen molar-refractivity contribution in [1.29, 1.82) is 0 Å². The predicted molar refractivity (Wildman–Crippen MR) is 313 cm³/mol. The summed E-state index contributed by atoms with van der Waals surface area (Å²) in [5.41, 5.74) is 10.7. The zero-order valence-corrected chi connectivity index (χ0v) is 48.6. The van der Waals surface area contributed by atoms with Crippen molar-refractivity contribution in [3.8, 4) is 11.5 Å². The molecule has 0 saturated heterocycles. The van der Waals surface area contributed by atoms with Gasteiger partial charge < -0.3 is 50.2 Å². The quantitative estimate of drug-likeness (QED) is 0.0243. The molecule has 5 heterocycles. The van der Waals surface area contributed by atoms with Crippen LogP contribution in [0, 0.1) is 29.6 Å². The Morgan fingerprint density at radius 3 is 1.38 bits per heavy atom. The van der Waals surface area contributed by atoms with Crippen molar-refractivity contribution < 1.29 is 62.7 Å². The van der Waals surface area contributed by atoms with E-state index in [-0.39, 0.29) is 66.9 Å². The van der Waals surface area contributed by atoms with Crippen molar-refractivity contribution in [2.75, 3.05) is 28.4 Å². The fourth-order valence-corrected chi connectivity index (χ4v) is 8.62. The summed E-state index contributed by atoms with van der Waals surface area (Å²) in [6.07, 6.45) is 12.3. The lowest BCUT2D eigenvalue weighted by molar-refractivity contribution is -0.145. The van der Waals surface area contributed by atoms with Gasteiger partial charge in [-0.3, -0.25) is 43.7 Å². The van der Waals surface area contributed by atoms with E-state index < -0.39 is 47.8 Å². The van der Waals surface area contributed by atoms with E-state index in [2.05, 4.69) is 35.0 Å². The number of pyridine rings is 3. The van der Waals surface area contributed by atoms with Gasteiger partial charge in [0, 0.05) is 84.2 Å². The van der Waals surface area contributed by atoms with Crippen molar-refractivity contribution in [3.63, 3.8) is 0 Å². The average molecular weight is 1150 g/mol. The number of methoxy groups -OCH3 is 4. The maximum atomic E-state index is 13.2. The van der Waals surface area contributed by atoms with E-state index in [1.54, 1.807) is 82.6 Å². The second-order valence-electron chi connectivity index (χ2n) is 20.1. The highest BCUT2D eigenvalue weighted by molar-refractivity contribution is 6.03. The maximum Gasteiger partial charge on any atom is 0.328 e. The van der Waals surface area contributed by atoms with E-state index in [9.17, 15) is 38.7 Å². The van der Waals surface area contributed by atoms with Crippen LogP contribution in [-0.4, -0.2) is 117 Å². The summed E-state index contributed by atoms with van der Waals surface area (Å²) in [6, 6.07) is 24.0. The lowest BCUT2D eigenvalue weighted by atomic mass is 9.90. The molecule has 82 heavy (non-hydrogen) atoms. The fraction of sp³-hybridized carbons (Fsp3) is 0.377. The van der Waals surface area contributed by atoms with Gasteiger partial charge in [0.25, 0.3) is 0 Å². The number of aromatic amines is 2. The molecule has 7 N–H and O–H groups in total. The molecule has 0 aliphatic heterocycles. The number of hydrogen-bond donors (Lipinski definition) is 6. The van der Waals surface area contributed by atoms with Crippen LogP contribution >= 0.6 is 12.4 Å². The Morgan fingerprint density at radius 1 is 0.561 bits per heavy atom. The van der Waals surface area contributed by atoms with Gasteiger partial charge in [-0.1, -0.05) is 65.0 Å². The Bertz CT molecular complexity index is 3140. The SMILES string of the molecule is COC(=O)[C@@H](N)Cc1cccnc1.COC(=O)[C@H](Cc1cccnc1)NC(=O)[C@@H](CC(=O)c1cc2c(OC)cccc2[nH]1)CC(C)C.COc1cccc2[nH]c(C(=O)C[C@@H](CC(C)C)C(=O)O)cc12.C[C@@H](Cc1cccnc1)C(=O)O.Cl. The molecule has 0 saturated carbocycles. The fourth-order valence-electron chi connectivity index (χ4n) is 8.62. The zero-order chi connectivity index (χ0) is 59.6. The molecule has 0 unspecified atom stereocenters. The van der Waals surface area contributed by atoms with E-state index in [1.165, 1.54) is 14.2 Å². The Kier molecular flexibility index (Phi) is 28.6. The number of rotatable bonds is 24. The van der Waals surface area contributed by atoms with Gasteiger partial charge in [-0.15, -0.1) is 12.4 Å². The van der Waals surface area contributed by atoms with Gasteiger partial charge in [0.05, 0.1) is 51.7 Å². The van der Waals surface area contributed by atoms with Crippen molar-refractivity contribution in [2.24, 2.45) is 35.3 Å². The normalized spacial score (nSPS) is 12.4. The minimum absolute atomic E-state index is 0. The third-order valence-corrected chi connectivity index (χ3v) is 12.7. The van der Waals surface area contributed by atoms with Crippen LogP contribution < -0.4 is 20.5 Å². The van der Waals surface area contributed by atoms with E-state index >= 15 is 0 Å². The number of esters is 2. The largest absolute Gasteiger partial charge is 0.496 e. The van der Waals surface area contributed by atoms with Gasteiger partial charge in [0.15, 0.2) is 11.6 Å². The summed E-state index contributed by atoms with van der Waals surface area (Å²) >= 11 is 0. The zero-order valence-electron chi connectivity index (χ0n) is 47.8. The molecule has 7 aromatic rings. The molecule has 440 valence electrons. The molecule has 7 rings (SSSR count). The van der Waals surface area contributed by atoms with Crippen LogP contribution in [0.1, 0.15) is 98.0 Å². The van der Waals surface area contributed by atoms with E-state index in [1.807, 2.05) is 88.4 Å². The van der Waals surface area contributed by atoms with Crippen molar-refractivity contribution >= 4 is 75.6 Å². The first-order valence-electron chi connectivity index (χ1n) is 26.4. The van der Waals surface area contributed by atoms with Gasteiger partial charge in [0.1, 0.15) is 23.6 Å². The molecule has 0 fully saturated rings. The molecular weight excluding hydrogens is 1070 g/mol. The van der Waals surface area contributed by atoms with Crippen LogP contribution in [0.3, 0.4) is 0 Å². The summed E-state index contributed by atoms with van der Waals surface area (Å²) < 4.78 is 20.0. The number of H-pyrrole nitrogens is 2. The van der Waals surface area contributed by atoms with Crippen LogP contribution in [0.4, 0.5) is 0 Å². The molecule has 0 aliphatic rings. The third kappa shape index (κ3) is 21.9. The second kappa shape index (κ2) is 34.6. The number of Topliss-reactive ketones (excluding diaryl/α,β-unsaturated/α-hetero) is 2. The number of halogens is 1. The first-order chi connectivity index (χ1) is 38.7. The third-order valence-electron chi connectivity index (χ3n) is 12.7. The molecule has 5 atom stereocenters. The second-order valence-corrected chi connectivity index (χ2v) is 20.1. The number of ketones is 2. The Labute approximate surface area is 483 Å². The van der Waals surface area contributed by atoms with Gasteiger partial charge in [0.2, 0.25) is 5.91 Å². The highest BCUT2D eigenvalue weighted by atomic mass is 35.5. The summed E-state index contributed by atoms with van der Waals surface area (Å²) in [6.45, 7) is 9.58. The van der Waals surface area contributed by atoms with Gasteiger partial charge >= 0.3 is 23.9 Å². The van der Waals surface area contributed by atoms with E-state index in [4.69, 9.17) is 25.1 Å². The molecule has 0 bridgehead atoms. The van der Waals surface area contributed by atoms with E-state index in [0.717, 1.165) is 38.5 Å². The first kappa shape index (κ1) is 67.8. The lowest BCUT2D eigenvalue weighted by Gasteiger charge is -2.22. The number of amides is 1. The maximum absolute atomic E-state index is 13.2. The summed E-state index contributed by atoms with van der Waals surface area (Å²) in [7, 11) is 5.76. The Morgan fingerprint density at radius 2 is 0.988 bits per heavy atom. The van der Waals surface area contributed by atoms with Crippen molar-refractivity contribution in [2.45, 2.75) is 91.6 Å². The average Bonchev–Trinajstić information content (AvgIpc) is 4.22. The number of fused-ring (bicyclic) bond motifs is 2. The van der Waals surface area contributed by atoms with Crippen LogP contribution in [0.2, 0.25) is 0 Å². The number of carbonyl (C=O) groups excluding carboxylic acids is 5. The van der Waals surface area contributed by atoms with Crippen LogP contribution in [-0.2, 0) is 52.7 Å². The number of benzene rings is 2. The number of carboxylic acids is 2. The molecular formula is C61H76ClN7O13. The van der Waals surface area contributed by atoms with E-state index in [0.29, 0.717) is 48.6 Å². The lowest BCUT2D eigenvalue weighted by Crippen LogP contribution is -2.46. The van der Waals surface area contributed by atoms with Gasteiger partial charge in [-0.2, -0.15) is 0 Å². The Balaban J connectivity index is 0.000000314. The predicted octanol–water partition coefficient (Wildman–Crippen LogP) is 9.09. The number of nitrogens with zero attached hydrogens (tertiary/aromatic N) is 3. The smallest absolute Gasteiger partial charge is 0.328 e. The first-order valence-corrected chi connectivity index (χ1v) is 26.4. The number of aromatic nitrogens is 5. The van der Waals surface area contributed by atoms with Crippen molar-refractivity contribution in [3.05, 3.63) is 150 Å². The Hall–Kier alpha value is -8.49. The summed E-state index contributed by atoms with van der Waals surface area (Å²) in [5, 5.41) is 22.3. The highest BCUT2D eigenvalue weighted by Crippen LogP contribution is 2.29. The molecule has 1 amide bonds. The minimum Gasteiger partial charge on any atom is -0.496 e. The number of hydrogen-bond acceptors (Lipinski definition) is 15. The number of ether oxygens (including phenoxy) is 4. The summed E-state index contributed by atoms with van der Waals surface area (Å²) in [4.78, 5) is 102. The minimum atomic E-state index is -0.921. The number of aliphatic carboxylic acids is 2. The van der Waals surface area contributed by atoms with Crippen LogP contribution in [0.15, 0.2) is 122 Å². The van der Waals surface area contributed by atoms with Crippen molar-refractivity contribution in [1.82, 2.24) is 30.2 Å². The molecule has 21 heteroatoms. The molecule has 2 aromatic carbocycles. The number of nitrogens with two attached hydrogens (primary N) is 1. The van der Waals surface area contributed by atoms with Crippen LogP contribution in [0.5, 0.6) is 11.5 Å². The van der Waals surface area contributed by atoms with Gasteiger partial charge in [-0.05, 0) is 109 Å². The number of carbonyl (C=O) groups is 7. The highest BCUT2D eigenvalue weighted by Gasteiger charge is 2.30. The molecule has 20 nitrogen and oxygen atoms in total. The number of carboxylic acid groups (broad SMARTS) is 2. The molecule has 0 aliphatic carbocycles. The molecule has 0 spiro atoms. The topological polar surface area (TPSA) is 305 Å². The molecule has 0 radical (unpaired) electrons. The number of nitrogens with one attached hydrogen (secondary N) is 3.